The van der Waals surface area contributed by atoms with Crippen LogP contribution < -0.4 is 0 Å². The molecule has 5 heteroatoms. The first kappa shape index (κ1) is 14.2. The summed E-state index contributed by atoms with van der Waals surface area (Å²) in [6, 6.07) is 11.5. The molecule has 0 spiro atoms. The molecule has 0 bridgehead atoms. The molecule has 0 amide bonds. The molecule has 2 aromatic carbocycles. The minimum atomic E-state index is -0.229. The number of aryl methyl sites for hydroxylation is 1. The number of methoxy groups -OCH3 is 1. The maximum Gasteiger partial charge on any atom is 0.307 e. The quantitative estimate of drug-likeness (QED) is 0.657. The summed E-state index contributed by atoms with van der Waals surface area (Å²) in [7, 11) is 1.40. The Hall–Kier alpha value is -1.71. The van der Waals surface area contributed by atoms with Gasteiger partial charge < -0.3 is 9.30 Å². The first-order chi connectivity index (χ1) is 10.1. The maximum absolute atomic E-state index is 11.4. The van der Waals surface area contributed by atoms with Crippen molar-refractivity contribution in [3.8, 4) is 0 Å². The lowest BCUT2D eigenvalue weighted by molar-refractivity contribution is -0.140. The molecule has 0 aliphatic carbocycles. The van der Waals surface area contributed by atoms with Crippen molar-refractivity contribution in [3.63, 3.8) is 0 Å². The third-order valence-corrected chi connectivity index (χ3v) is 4.03. The van der Waals surface area contributed by atoms with Crippen LogP contribution in [0.5, 0.6) is 0 Å². The summed E-state index contributed by atoms with van der Waals surface area (Å²) >= 11 is 12.2. The molecule has 1 heterocycles. The van der Waals surface area contributed by atoms with Gasteiger partial charge in [0, 0.05) is 38.4 Å². The molecule has 3 rings (SSSR count). The molecule has 0 atom stereocenters. The fourth-order valence-electron chi connectivity index (χ4n) is 2.59. The molecule has 0 radical (unpaired) electrons. The van der Waals surface area contributed by atoms with E-state index in [1.54, 1.807) is 0 Å². The van der Waals surface area contributed by atoms with Crippen molar-refractivity contribution in [2.45, 2.75) is 13.0 Å². The van der Waals surface area contributed by atoms with Gasteiger partial charge in [-0.25, -0.2) is 0 Å². The summed E-state index contributed by atoms with van der Waals surface area (Å²) in [5.41, 5.74) is 2.06. The maximum atomic E-state index is 11.4. The Morgan fingerprint density at radius 3 is 2.05 bits per heavy atom. The summed E-state index contributed by atoms with van der Waals surface area (Å²) < 4.78 is 6.81. The van der Waals surface area contributed by atoms with Gasteiger partial charge in [-0.15, -0.1) is 0 Å². The van der Waals surface area contributed by atoms with Crippen LogP contribution in [0.25, 0.3) is 21.8 Å². The van der Waals surface area contributed by atoms with E-state index < -0.39 is 0 Å². The predicted octanol–water partition coefficient (Wildman–Crippen LogP) is 4.66. The van der Waals surface area contributed by atoms with Gasteiger partial charge in [0.1, 0.15) is 0 Å². The Morgan fingerprint density at radius 2 is 1.57 bits per heavy atom. The van der Waals surface area contributed by atoms with Gasteiger partial charge in [0.25, 0.3) is 0 Å². The normalized spacial score (nSPS) is 11.2. The van der Waals surface area contributed by atoms with Gasteiger partial charge in [-0.3, -0.25) is 4.79 Å². The minimum Gasteiger partial charge on any atom is -0.469 e. The van der Waals surface area contributed by atoms with E-state index in [1.807, 2.05) is 36.4 Å². The third-order valence-electron chi connectivity index (χ3n) is 3.56. The molecule has 21 heavy (non-hydrogen) atoms. The van der Waals surface area contributed by atoms with Gasteiger partial charge >= 0.3 is 5.97 Å². The van der Waals surface area contributed by atoms with Crippen LogP contribution in [-0.4, -0.2) is 17.6 Å². The highest BCUT2D eigenvalue weighted by Crippen LogP contribution is 2.32. The fourth-order valence-corrected chi connectivity index (χ4v) is 2.94. The van der Waals surface area contributed by atoms with Gasteiger partial charge in [0.05, 0.1) is 13.5 Å². The monoisotopic (exact) mass is 321 g/mol. The van der Waals surface area contributed by atoms with E-state index in [-0.39, 0.29) is 5.97 Å². The summed E-state index contributed by atoms with van der Waals surface area (Å²) in [5.74, 6) is -0.229. The molecule has 3 aromatic rings. The highest BCUT2D eigenvalue weighted by molar-refractivity contribution is 6.33. The number of carbonyl (C=O) groups excluding carboxylic acids is 1. The summed E-state index contributed by atoms with van der Waals surface area (Å²) in [4.78, 5) is 11.4. The zero-order valence-corrected chi connectivity index (χ0v) is 12.9. The van der Waals surface area contributed by atoms with E-state index in [0.29, 0.717) is 23.0 Å². The van der Waals surface area contributed by atoms with Crippen molar-refractivity contribution < 1.29 is 9.53 Å². The number of esters is 1. The summed E-state index contributed by atoms with van der Waals surface area (Å²) in [6.45, 7) is 0.552. The number of carbonyl (C=O) groups is 1. The molecule has 0 saturated carbocycles. The van der Waals surface area contributed by atoms with E-state index >= 15 is 0 Å². The largest absolute Gasteiger partial charge is 0.469 e. The number of benzene rings is 2. The molecule has 0 N–H and O–H groups in total. The fraction of sp³-hybridized carbons (Fsp3) is 0.188. The van der Waals surface area contributed by atoms with E-state index in [2.05, 4.69) is 4.57 Å². The number of hydrogen-bond donors (Lipinski definition) is 0. The second-order valence-electron chi connectivity index (χ2n) is 4.80. The van der Waals surface area contributed by atoms with Crippen LogP contribution in [0.1, 0.15) is 6.42 Å². The topological polar surface area (TPSA) is 31.2 Å². The molecule has 108 valence electrons. The van der Waals surface area contributed by atoms with Gasteiger partial charge in [-0.2, -0.15) is 0 Å². The molecular weight excluding hydrogens is 309 g/mol. The second kappa shape index (κ2) is 5.58. The van der Waals surface area contributed by atoms with Gasteiger partial charge in [0.2, 0.25) is 0 Å². The number of hydrogen-bond acceptors (Lipinski definition) is 2. The smallest absolute Gasteiger partial charge is 0.307 e. The number of ether oxygens (including phenoxy) is 1. The van der Waals surface area contributed by atoms with E-state index in [1.165, 1.54) is 7.11 Å². The average molecular weight is 322 g/mol. The Kier molecular flexibility index (Phi) is 3.79. The van der Waals surface area contributed by atoms with Crippen LogP contribution in [0.4, 0.5) is 0 Å². The van der Waals surface area contributed by atoms with Gasteiger partial charge in [0.15, 0.2) is 0 Å². The van der Waals surface area contributed by atoms with Crippen LogP contribution in [0.3, 0.4) is 0 Å². The lowest BCUT2D eigenvalue weighted by Gasteiger charge is -2.06. The Labute approximate surface area is 132 Å². The average Bonchev–Trinajstić information content (AvgIpc) is 2.77. The van der Waals surface area contributed by atoms with Gasteiger partial charge in [-0.05, 0) is 36.4 Å². The zero-order chi connectivity index (χ0) is 15.0. The summed E-state index contributed by atoms with van der Waals surface area (Å²) in [5, 5.41) is 3.42. The van der Waals surface area contributed by atoms with Crippen LogP contribution >= 0.6 is 23.2 Å². The highest BCUT2D eigenvalue weighted by atomic mass is 35.5. The van der Waals surface area contributed by atoms with E-state index in [9.17, 15) is 4.79 Å². The predicted molar refractivity (Wildman–Crippen MR) is 86.1 cm³/mol. The molecule has 3 nitrogen and oxygen atoms in total. The lowest BCUT2D eigenvalue weighted by atomic mass is 10.1. The van der Waals surface area contributed by atoms with Crippen molar-refractivity contribution in [1.29, 1.82) is 0 Å². The highest BCUT2D eigenvalue weighted by Gasteiger charge is 2.12. The van der Waals surface area contributed by atoms with Gasteiger partial charge in [-0.1, -0.05) is 23.2 Å². The van der Waals surface area contributed by atoms with Crippen LogP contribution in [0, 0.1) is 0 Å². The van der Waals surface area contributed by atoms with Crippen molar-refractivity contribution >= 4 is 51.0 Å². The molecule has 1 aromatic heterocycles. The Balaban J connectivity index is 2.22. The van der Waals surface area contributed by atoms with Crippen molar-refractivity contribution in [2.75, 3.05) is 7.11 Å². The van der Waals surface area contributed by atoms with E-state index in [4.69, 9.17) is 27.9 Å². The first-order valence-corrected chi connectivity index (χ1v) is 7.29. The molecule has 0 fully saturated rings. The number of fused-ring (bicyclic) bond motifs is 3. The van der Waals surface area contributed by atoms with Crippen LogP contribution in [-0.2, 0) is 16.1 Å². The Bertz CT molecular complexity index is 780. The van der Waals surface area contributed by atoms with Crippen molar-refractivity contribution in [2.24, 2.45) is 0 Å². The third kappa shape index (κ3) is 2.59. The molecule has 0 aliphatic rings. The number of rotatable bonds is 3. The summed E-state index contributed by atoms with van der Waals surface area (Å²) in [6.07, 6.45) is 0.320. The molecule has 0 saturated heterocycles. The SMILES string of the molecule is COC(=O)CCn1c2ccc(Cl)cc2c2cc(Cl)ccc21. The number of nitrogens with zero attached hydrogens (tertiary/aromatic N) is 1. The molecule has 0 unspecified atom stereocenters. The lowest BCUT2D eigenvalue weighted by Crippen LogP contribution is -2.06. The molecule has 0 aliphatic heterocycles. The van der Waals surface area contributed by atoms with Crippen molar-refractivity contribution in [3.05, 3.63) is 46.4 Å². The number of aromatic nitrogens is 1. The van der Waals surface area contributed by atoms with Crippen LogP contribution in [0.2, 0.25) is 10.0 Å². The van der Waals surface area contributed by atoms with Crippen LogP contribution in [0.15, 0.2) is 36.4 Å². The zero-order valence-electron chi connectivity index (χ0n) is 11.4. The minimum absolute atomic E-state index is 0.229. The standard InChI is InChI=1S/C16H13Cl2NO2/c1-21-16(20)6-7-19-14-4-2-10(17)8-12(14)13-9-11(18)3-5-15(13)19/h2-5,8-9H,6-7H2,1H3. The Morgan fingerprint density at radius 1 is 1.05 bits per heavy atom. The van der Waals surface area contributed by atoms with E-state index in [0.717, 1.165) is 21.8 Å². The number of halogens is 2. The second-order valence-corrected chi connectivity index (χ2v) is 5.67. The molecular formula is C16H13Cl2NO2. The first-order valence-electron chi connectivity index (χ1n) is 6.54. The van der Waals surface area contributed by atoms with Crippen molar-refractivity contribution in [1.82, 2.24) is 4.57 Å².